The Hall–Kier alpha value is -1.07. The number of nitrogens with zero attached hydrogens (tertiary/aromatic N) is 2. The molecule has 4 nitrogen and oxygen atoms in total. The fourth-order valence-electron chi connectivity index (χ4n) is 1.81. The highest BCUT2D eigenvalue weighted by molar-refractivity contribution is 7.10. The third kappa shape index (κ3) is 3.20. The summed E-state index contributed by atoms with van der Waals surface area (Å²) >= 11 is 1.79. The lowest BCUT2D eigenvalue weighted by molar-refractivity contribution is 0.155. The van der Waals surface area contributed by atoms with Gasteiger partial charge in [0.05, 0.1) is 6.54 Å². The first kappa shape index (κ1) is 12.4. The number of likely N-dealkylation sites (N-methyl/N-ethyl adjacent to an activating group) is 1. The summed E-state index contributed by atoms with van der Waals surface area (Å²) in [6, 6.07) is 2.14. The number of cyclic esters (lactones) is 1. The highest BCUT2D eigenvalue weighted by atomic mass is 32.1. The average molecular weight is 254 g/mol. The van der Waals surface area contributed by atoms with Crippen LogP contribution in [-0.2, 0) is 11.3 Å². The molecule has 0 aromatic carbocycles. The Morgan fingerprint density at radius 3 is 3.00 bits per heavy atom. The lowest BCUT2D eigenvalue weighted by Crippen LogP contribution is -2.33. The molecule has 5 heteroatoms. The number of carbonyl (C=O) groups excluding carboxylic acids is 1. The molecule has 0 bridgehead atoms. The van der Waals surface area contributed by atoms with Crippen LogP contribution in [0, 0.1) is 6.92 Å². The van der Waals surface area contributed by atoms with Crippen molar-refractivity contribution in [2.75, 3.05) is 33.3 Å². The van der Waals surface area contributed by atoms with E-state index in [9.17, 15) is 4.79 Å². The van der Waals surface area contributed by atoms with Crippen LogP contribution in [-0.4, -0.2) is 49.2 Å². The van der Waals surface area contributed by atoms with Gasteiger partial charge in [-0.05, 0) is 31.0 Å². The second-order valence-electron chi connectivity index (χ2n) is 4.37. The van der Waals surface area contributed by atoms with Crippen LogP contribution in [0.1, 0.15) is 10.4 Å². The molecule has 2 heterocycles. The molecule has 0 saturated carbocycles. The first-order valence-electron chi connectivity index (χ1n) is 5.80. The SMILES string of the molecule is Cc1ccsc1CN(C)CCN1CCOC1=O. The van der Waals surface area contributed by atoms with E-state index in [4.69, 9.17) is 4.74 Å². The third-order valence-electron chi connectivity index (χ3n) is 2.98. The zero-order valence-electron chi connectivity index (χ0n) is 10.3. The molecule has 0 N–H and O–H groups in total. The van der Waals surface area contributed by atoms with Gasteiger partial charge in [0.15, 0.2) is 0 Å². The third-order valence-corrected chi connectivity index (χ3v) is 3.99. The monoisotopic (exact) mass is 254 g/mol. The van der Waals surface area contributed by atoms with Crippen LogP contribution in [0.15, 0.2) is 11.4 Å². The Kier molecular flexibility index (Phi) is 4.02. The van der Waals surface area contributed by atoms with E-state index in [1.807, 2.05) is 0 Å². The summed E-state index contributed by atoms with van der Waals surface area (Å²) in [5.41, 5.74) is 1.35. The van der Waals surface area contributed by atoms with Crippen LogP contribution >= 0.6 is 11.3 Å². The van der Waals surface area contributed by atoms with Crippen molar-refractivity contribution in [2.45, 2.75) is 13.5 Å². The second-order valence-corrected chi connectivity index (χ2v) is 5.37. The predicted molar refractivity (Wildman–Crippen MR) is 68.3 cm³/mol. The number of carbonyl (C=O) groups is 1. The Bertz CT molecular complexity index is 392. The number of hydrogen-bond acceptors (Lipinski definition) is 4. The van der Waals surface area contributed by atoms with Gasteiger partial charge >= 0.3 is 6.09 Å². The van der Waals surface area contributed by atoms with Crippen molar-refractivity contribution in [1.82, 2.24) is 9.80 Å². The summed E-state index contributed by atoms with van der Waals surface area (Å²) in [4.78, 5) is 16.6. The van der Waals surface area contributed by atoms with Gasteiger partial charge in [0, 0.05) is 24.5 Å². The van der Waals surface area contributed by atoms with Crippen molar-refractivity contribution in [3.05, 3.63) is 21.9 Å². The van der Waals surface area contributed by atoms with Gasteiger partial charge in [0.25, 0.3) is 0 Å². The normalized spacial score (nSPS) is 15.7. The molecule has 1 aliphatic heterocycles. The van der Waals surface area contributed by atoms with Crippen LogP contribution in [0.5, 0.6) is 0 Å². The molecule has 1 fully saturated rings. The molecule has 1 aromatic rings. The Morgan fingerprint density at radius 2 is 2.41 bits per heavy atom. The van der Waals surface area contributed by atoms with Gasteiger partial charge < -0.3 is 9.64 Å². The van der Waals surface area contributed by atoms with Crippen LogP contribution in [0.4, 0.5) is 4.79 Å². The quantitative estimate of drug-likeness (QED) is 0.805. The van der Waals surface area contributed by atoms with Crippen molar-refractivity contribution in [3.63, 3.8) is 0 Å². The van der Waals surface area contributed by atoms with E-state index >= 15 is 0 Å². The topological polar surface area (TPSA) is 32.8 Å². The molecular formula is C12H18N2O2S. The largest absolute Gasteiger partial charge is 0.448 e. The summed E-state index contributed by atoms with van der Waals surface area (Å²) in [5.74, 6) is 0. The number of ether oxygens (including phenoxy) is 1. The Labute approximate surface area is 106 Å². The number of amides is 1. The minimum absolute atomic E-state index is 0.175. The van der Waals surface area contributed by atoms with Gasteiger partial charge in [0.2, 0.25) is 0 Å². The van der Waals surface area contributed by atoms with E-state index in [2.05, 4.69) is 30.3 Å². The molecule has 94 valence electrons. The van der Waals surface area contributed by atoms with Crippen molar-refractivity contribution in [3.8, 4) is 0 Å². The first-order valence-corrected chi connectivity index (χ1v) is 6.68. The van der Waals surface area contributed by atoms with Gasteiger partial charge in [-0.3, -0.25) is 4.90 Å². The predicted octanol–water partition coefficient (Wildman–Crippen LogP) is 1.94. The molecule has 17 heavy (non-hydrogen) atoms. The Balaban J connectivity index is 1.76. The molecule has 1 aliphatic rings. The van der Waals surface area contributed by atoms with Crippen molar-refractivity contribution in [2.24, 2.45) is 0 Å². The standard InChI is InChI=1S/C12H18N2O2S/c1-10-3-8-17-11(10)9-13(2)4-5-14-6-7-16-12(14)15/h3,8H,4-7,9H2,1-2H3. The molecule has 0 spiro atoms. The van der Waals surface area contributed by atoms with Gasteiger partial charge in [0.1, 0.15) is 6.61 Å². The highest BCUT2D eigenvalue weighted by Crippen LogP contribution is 2.17. The second kappa shape index (κ2) is 5.51. The van der Waals surface area contributed by atoms with Crippen LogP contribution in [0.25, 0.3) is 0 Å². The molecule has 1 amide bonds. The van der Waals surface area contributed by atoms with E-state index in [1.54, 1.807) is 16.2 Å². The van der Waals surface area contributed by atoms with E-state index < -0.39 is 0 Å². The van der Waals surface area contributed by atoms with Crippen molar-refractivity contribution < 1.29 is 9.53 Å². The lowest BCUT2D eigenvalue weighted by atomic mass is 10.3. The van der Waals surface area contributed by atoms with Crippen LogP contribution < -0.4 is 0 Å². The molecule has 0 atom stereocenters. The van der Waals surface area contributed by atoms with Gasteiger partial charge in [-0.1, -0.05) is 0 Å². The first-order chi connectivity index (χ1) is 8.16. The minimum Gasteiger partial charge on any atom is -0.448 e. The van der Waals surface area contributed by atoms with Crippen LogP contribution in [0.3, 0.4) is 0 Å². The van der Waals surface area contributed by atoms with Crippen molar-refractivity contribution >= 4 is 17.4 Å². The van der Waals surface area contributed by atoms with Gasteiger partial charge in [-0.15, -0.1) is 11.3 Å². The molecule has 2 rings (SSSR count). The smallest absolute Gasteiger partial charge is 0.409 e. The highest BCUT2D eigenvalue weighted by Gasteiger charge is 2.21. The Morgan fingerprint density at radius 1 is 1.59 bits per heavy atom. The zero-order valence-corrected chi connectivity index (χ0v) is 11.1. The fourth-order valence-corrected chi connectivity index (χ4v) is 2.80. The van der Waals surface area contributed by atoms with E-state index in [-0.39, 0.29) is 6.09 Å². The number of rotatable bonds is 5. The molecule has 0 unspecified atom stereocenters. The number of hydrogen-bond donors (Lipinski definition) is 0. The van der Waals surface area contributed by atoms with E-state index in [0.29, 0.717) is 6.61 Å². The van der Waals surface area contributed by atoms with Gasteiger partial charge in [-0.25, -0.2) is 4.79 Å². The molecule has 1 aromatic heterocycles. The maximum Gasteiger partial charge on any atom is 0.409 e. The molecule has 0 aliphatic carbocycles. The van der Waals surface area contributed by atoms with Gasteiger partial charge in [-0.2, -0.15) is 0 Å². The minimum atomic E-state index is -0.175. The lowest BCUT2D eigenvalue weighted by Gasteiger charge is -2.19. The number of thiophene rings is 1. The van der Waals surface area contributed by atoms with E-state index in [1.165, 1.54) is 10.4 Å². The fraction of sp³-hybridized carbons (Fsp3) is 0.583. The maximum absolute atomic E-state index is 11.2. The summed E-state index contributed by atoms with van der Waals surface area (Å²) < 4.78 is 4.89. The summed E-state index contributed by atoms with van der Waals surface area (Å²) in [7, 11) is 2.08. The van der Waals surface area contributed by atoms with Crippen LogP contribution in [0.2, 0.25) is 0 Å². The van der Waals surface area contributed by atoms with Crippen molar-refractivity contribution in [1.29, 1.82) is 0 Å². The summed E-state index contributed by atoms with van der Waals surface area (Å²) in [6.07, 6.45) is -0.175. The van der Waals surface area contributed by atoms with E-state index in [0.717, 1.165) is 26.2 Å². The summed E-state index contributed by atoms with van der Waals surface area (Å²) in [6.45, 7) is 5.98. The molecular weight excluding hydrogens is 236 g/mol. The molecule has 0 radical (unpaired) electrons. The molecule has 1 saturated heterocycles. The maximum atomic E-state index is 11.2. The average Bonchev–Trinajstić information content (AvgIpc) is 2.86. The zero-order chi connectivity index (χ0) is 12.3. The summed E-state index contributed by atoms with van der Waals surface area (Å²) in [5, 5.41) is 2.12. The number of aryl methyl sites for hydroxylation is 1.